The normalized spacial score (nSPS) is 12.2. The van der Waals surface area contributed by atoms with E-state index >= 15 is 0 Å². The first-order valence-electron chi connectivity index (χ1n) is 10.5. The zero-order valence-corrected chi connectivity index (χ0v) is 20.0. The lowest BCUT2D eigenvalue weighted by atomic mass is 10.0. The van der Waals surface area contributed by atoms with Gasteiger partial charge in [0.15, 0.2) is 0 Å². The van der Waals surface area contributed by atoms with E-state index in [1.165, 1.54) is 0 Å². The van der Waals surface area contributed by atoms with E-state index in [1.807, 2.05) is 72.8 Å². The highest BCUT2D eigenvalue weighted by molar-refractivity contribution is 9.10. The molecule has 0 unspecified atom stereocenters. The molecule has 6 heteroatoms. The zero-order chi connectivity index (χ0) is 22.6. The highest BCUT2D eigenvalue weighted by atomic mass is 79.9. The fraction of sp³-hybridized carbons (Fsp3) is 0.0370. The van der Waals surface area contributed by atoms with Gasteiger partial charge in [-0.25, -0.2) is 10.4 Å². The molecule has 0 saturated heterocycles. The number of carbonyl (C=O) groups is 1. The topological polar surface area (TPSA) is 53.5 Å². The van der Waals surface area contributed by atoms with Crippen molar-refractivity contribution in [2.45, 2.75) is 16.3 Å². The average molecular weight is 514 g/mol. The lowest BCUT2D eigenvalue weighted by Crippen LogP contribution is -2.36. The van der Waals surface area contributed by atoms with Crippen LogP contribution < -0.4 is 10.9 Å². The van der Waals surface area contributed by atoms with Gasteiger partial charge in [-0.3, -0.25) is 10.2 Å². The molecule has 162 valence electrons. The molecule has 1 aliphatic heterocycles. The van der Waals surface area contributed by atoms with Crippen molar-refractivity contribution < 1.29 is 4.79 Å². The van der Waals surface area contributed by atoms with Crippen LogP contribution in [0.15, 0.2) is 116 Å². The maximum atomic E-state index is 12.8. The molecule has 0 spiro atoms. The molecule has 1 amide bonds. The molecule has 1 heterocycles. The molecule has 0 aromatic heterocycles. The minimum atomic E-state index is -0.195. The summed E-state index contributed by atoms with van der Waals surface area (Å²) in [6.07, 6.45) is 0. The van der Waals surface area contributed by atoms with E-state index in [1.54, 1.807) is 11.8 Å². The molecule has 0 fully saturated rings. The largest absolute Gasteiger partial charge is 0.287 e. The highest BCUT2D eigenvalue weighted by Crippen LogP contribution is 2.41. The van der Waals surface area contributed by atoms with E-state index in [2.05, 4.69) is 51.0 Å². The summed E-state index contributed by atoms with van der Waals surface area (Å²) in [5, 5.41) is 0. The van der Waals surface area contributed by atoms with E-state index in [0.717, 1.165) is 42.4 Å². The van der Waals surface area contributed by atoms with Crippen molar-refractivity contribution >= 4 is 45.0 Å². The van der Waals surface area contributed by atoms with Gasteiger partial charge < -0.3 is 0 Å². The summed E-state index contributed by atoms with van der Waals surface area (Å²) in [6, 6.07) is 32.0. The maximum Gasteiger partial charge on any atom is 0.265 e. The van der Waals surface area contributed by atoms with Crippen molar-refractivity contribution in [3.63, 3.8) is 0 Å². The molecule has 0 aliphatic carbocycles. The third-order valence-corrected chi connectivity index (χ3v) is 6.89. The van der Waals surface area contributed by atoms with Gasteiger partial charge in [0.1, 0.15) is 0 Å². The fourth-order valence-electron chi connectivity index (χ4n) is 3.63. The Hall–Kier alpha value is -3.19. The van der Waals surface area contributed by atoms with E-state index in [4.69, 9.17) is 4.99 Å². The van der Waals surface area contributed by atoms with E-state index in [9.17, 15) is 4.79 Å². The summed E-state index contributed by atoms with van der Waals surface area (Å²) in [5.41, 5.74) is 11.2. The standard InChI is InChI=1S/C27H20BrN3OS/c28-21-10-6-9-19(15-21)26-22-11-4-5-12-24(22)33-25-14-13-20(16-23(25)30-26)27(32)31-29-17-18-7-2-1-3-8-18/h1-16,29H,17H2,(H,31,32). The molecule has 0 bridgehead atoms. The Balaban J connectivity index is 1.46. The van der Waals surface area contributed by atoms with Crippen LogP contribution in [-0.4, -0.2) is 11.6 Å². The van der Waals surface area contributed by atoms with Gasteiger partial charge >= 0.3 is 0 Å². The van der Waals surface area contributed by atoms with Crippen molar-refractivity contribution in [2.75, 3.05) is 0 Å². The molecule has 0 saturated carbocycles. The number of benzene rings is 4. The molecule has 0 atom stereocenters. The number of nitrogens with one attached hydrogen (secondary N) is 2. The first-order chi connectivity index (χ1) is 16.2. The first-order valence-corrected chi connectivity index (χ1v) is 12.1. The summed E-state index contributed by atoms with van der Waals surface area (Å²) >= 11 is 5.24. The monoisotopic (exact) mass is 513 g/mol. The van der Waals surface area contributed by atoms with Crippen LogP contribution >= 0.6 is 27.7 Å². The van der Waals surface area contributed by atoms with Gasteiger partial charge in [-0.2, -0.15) is 0 Å². The number of amides is 1. The summed E-state index contributed by atoms with van der Waals surface area (Å²) in [4.78, 5) is 20.0. The summed E-state index contributed by atoms with van der Waals surface area (Å²) in [6.45, 7) is 0.549. The van der Waals surface area contributed by atoms with Crippen LogP contribution in [0.1, 0.15) is 27.0 Å². The summed E-state index contributed by atoms with van der Waals surface area (Å²) in [7, 11) is 0. The second-order valence-electron chi connectivity index (χ2n) is 7.54. The smallest absolute Gasteiger partial charge is 0.265 e. The van der Waals surface area contributed by atoms with Crippen molar-refractivity contribution in [1.82, 2.24) is 10.9 Å². The third kappa shape index (κ3) is 4.93. The first kappa shape index (κ1) is 21.6. The van der Waals surface area contributed by atoms with Crippen LogP contribution in [0.3, 0.4) is 0 Å². The predicted octanol–water partition coefficient (Wildman–Crippen LogP) is 6.52. The number of nitrogens with zero attached hydrogens (tertiary/aromatic N) is 1. The average Bonchev–Trinajstić information content (AvgIpc) is 3.01. The van der Waals surface area contributed by atoms with Gasteiger partial charge in [0.2, 0.25) is 0 Å². The van der Waals surface area contributed by atoms with Gasteiger partial charge in [0, 0.05) is 37.5 Å². The maximum absolute atomic E-state index is 12.8. The van der Waals surface area contributed by atoms with Gasteiger partial charge in [-0.1, -0.05) is 88.4 Å². The van der Waals surface area contributed by atoms with E-state index < -0.39 is 0 Å². The Labute approximate surface area is 205 Å². The van der Waals surface area contributed by atoms with Crippen molar-refractivity contribution in [3.05, 3.63) is 124 Å². The molecule has 0 radical (unpaired) electrons. The lowest BCUT2D eigenvalue weighted by molar-refractivity contribution is 0.0932. The fourth-order valence-corrected chi connectivity index (χ4v) is 5.04. The van der Waals surface area contributed by atoms with Gasteiger partial charge in [0.25, 0.3) is 5.91 Å². The molecular weight excluding hydrogens is 494 g/mol. The molecule has 4 aromatic rings. The molecule has 33 heavy (non-hydrogen) atoms. The Bertz CT molecular complexity index is 1350. The summed E-state index contributed by atoms with van der Waals surface area (Å²) in [5.74, 6) is -0.195. The Morgan fingerprint density at radius 3 is 2.52 bits per heavy atom. The number of hydrogen-bond acceptors (Lipinski definition) is 4. The van der Waals surface area contributed by atoms with Crippen molar-refractivity contribution in [1.29, 1.82) is 0 Å². The number of hydrogen-bond donors (Lipinski definition) is 2. The second kappa shape index (κ2) is 9.75. The Kier molecular flexibility index (Phi) is 6.39. The van der Waals surface area contributed by atoms with Crippen molar-refractivity contribution in [3.8, 4) is 0 Å². The van der Waals surface area contributed by atoms with Crippen LogP contribution in [0, 0.1) is 0 Å². The number of hydrazine groups is 1. The number of rotatable bonds is 5. The SMILES string of the molecule is O=C(NNCc1ccccc1)c1ccc2c(c1)N=C(c1cccc(Br)c1)c1ccccc1S2. The van der Waals surface area contributed by atoms with Gasteiger partial charge in [-0.05, 0) is 42.0 Å². The molecule has 2 N–H and O–H groups in total. The minimum Gasteiger partial charge on any atom is -0.287 e. The number of fused-ring (bicyclic) bond motifs is 2. The number of halogens is 1. The lowest BCUT2D eigenvalue weighted by Gasteiger charge is -2.09. The van der Waals surface area contributed by atoms with Crippen LogP contribution in [-0.2, 0) is 6.54 Å². The molecule has 1 aliphatic rings. The van der Waals surface area contributed by atoms with Crippen molar-refractivity contribution in [2.24, 2.45) is 4.99 Å². The zero-order valence-electron chi connectivity index (χ0n) is 17.6. The highest BCUT2D eigenvalue weighted by Gasteiger charge is 2.20. The van der Waals surface area contributed by atoms with Crippen LogP contribution in [0.2, 0.25) is 0 Å². The molecular formula is C27H20BrN3OS. The Morgan fingerprint density at radius 2 is 1.67 bits per heavy atom. The molecule has 4 nitrogen and oxygen atoms in total. The number of aliphatic imine (C=N–C) groups is 1. The van der Waals surface area contributed by atoms with Gasteiger partial charge in [-0.15, -0.1) is 0 Å². The van der Waals surface area contributed by atoms with Crippen LogP contribution in [0.4, 0.5) is 5.69 Å². The second-order valence-corrected chi connectivity index (χ2v) is 9.54. The van der Waals surface area contributed by atoms with Crippen LogP contribution in [0.5, 0.6) is 0 Å². The van der Waals surface area contributed by atoms with E-state index in [0.29, 0.717) is 12.1 Å². The number of carbonyl (C=O) groups excluding carboxylic acids is 1. The quantitative estimate of drug-likeness (QED) is 0.263. The molecule has 4 aromatic carbocycles. The minimum absolute atomic E-state index is 0.195. The third-order valence-electron chi connectivity index (χ3n) is 5.25. The Morgan fingerprint density at radius 1 is 0.848 bits per heavy atom. The van der Waals surface area contributed by atoms with E-state index in [-0.39, 0.29) is 5.91 Å². The summed E-state index contributed by atoms with van der Waals surface area (Å²) < 4.78 is 0.995. The van der Waals surface area contributed by atoms with Gasteiger partial charge in [0.05, 0.1) is 11.4 Å². The van der Waals surface area contributed by atoms with Crippen LogP contribution in [0.25, 0.3) is 0 Å². The predicted molar refractivity (Wildman–Crippen MR) is 137 cm³/mol. The molecule has 5 rings (SSSR count).